The van der Waals surface area contributed by atoms with E-state index in [1.54, 1.807) is 24.3 Å². The van der Waals surface area contributed by atoms with E-state index in [-0.39, 0.29) is 6.42 Å². The number of carbonyl (C=O) groups excluding carboxylic acids is 1. The Morgan fingerprint density at radius 1 is 1.31 bits per heavy atom. The molecule has 86 valence electrons. The summed E-state index contributed by atoms with van der Waals surface area (Å²) in [5.41, 5.74) is 12.0. The molecule has 6 heteroatoms. The van der Waals surface area contributed by atoms with Crippen molar-refractivity contribution in [2.45, 2.75) is 12.5 Å². The fourth-order valence-corrected chi connectivity index (χ4v) is 1.26. The number of hydrogen-bond acceptors (Lipinski definition) is 3. The van der Waals surface area contributed by atoms with Gasteiger partial charge in [0.25, 0.3) is 0 Å². The highest BCUT2D eigenvalue weighted by atomic mass is 16.4. The van der Waals surface area contributed by atoms with Crippen molar-refractivity contribution in [1.29, 1.82) is 0 Å². The third kappa shape index (κ3) is 3.49. The maximum atomic E-state index is 11.0. The van der Waals surface area contributed by atoms with Crippen LogP contribution in [0.15, 0.2) is 24.3 Å². The van der Waals surface area contributed by atoms with Crippen molar-refractivity contribution >= 4 is 17.7 Å². The van der Waals surface area contributed by atoms with E-state index in [0.29, 0.717) is 5.69 Å². The van der Waals surface area contributed by atoms with Gasteiger partial charge in [0.05, 0.1) is 0 Å². The second kappa shape index (κ2) is 5.01. The van der Waals surface area contributed by atoms with E-state index in [2.05, 4.69) is 5.32 Å². The van der Waals surface area contributed by atoms with Gasteiger partial charge in [0, 0.05) is 12.1 Å². The van der Waals surface area contributed by atoms with E-state index in [1.807, 2.05) is 0 Å². The van der Waals surface area contributed by atoms with E-state index in [1.165, 1.54) is 0 Å². The summed E-state index contributed by atoms with van der Waals surface area (Å²) in [5.74, 6) is -0.709. The molecule has 0 aliphatic rings. The number of nitrogens with one attached hydrogen (secondary N) is 1. The number of nitrogens with two attached hydrogens (primary N) is 2. The van der Waals surface area contributed by atoms with Crippen LogP contribution < -0.4 is 16.8 Å². The number of anilines is 1. The highest BCUT2D eigenvalue weighted by Crippen LogP contribution is 2.07. The highest BCUT2D eigenvalue weighted by Gasteiger charge is 2.17. The van der Waals surface area contributed by atoms with Crippen LogP contribution in [0.1, 0.15) is 5.56 Å². The molecule has 1 atom stereocenters. The molecule has 0 heterocycles. The first-order chi connectivity index (χ1) is 7.49. The smallest absolute Gasteiger partial charge is 0.405 e. The Labute approximate surface area is 92.2 Å². The normalized spacial score (nSPS) is 11.8. The van der Waals surface area contributed by atoms with Gasteiger partial charge in [-0.3, -0.25) is 4.79 Å². The molecule has 0 bridgehead atoms. The molecule has 1 aromatic rings. The number of primary amides is 1. The zero-order chi connectivity index (χ0) is 12.1. The first kappa shape index (κ1) is 11.8. The Balaban J connectivity index is 2.71. The lowest BCUT2D eigenvalue weighted by molar-refractivity contribution is -0.119. The standard InChI is InChI=1S/C10H13N3O3/c11-7-3-1-6(2-4-7)5-8(9(12)14)13-10(15)16/h1-4,8,13H,5,11H2,(H2,12,14)(H,15,16)/t8-/m1/s1. The highest BCUT2D eigenvalue weighted by molar-refractivity contribution is 5.84. The topological polar surface area (TPSA) is 118 Å². The van der Waals surface area contributed by atoms with Crippen LogP contribution in [0.4, 0.5) is 10.5 Å². The van der Waals surface area contributed by atoms with Gasteiger partial charge >= 0.3 is 6.09 Å². The molecule has 0 radical (unpaired) electrons. The lowest BCUT2D eigenvalue weighted by Crippen LogP contribution is -2.45. The van der Waals surface area contributed by atoms with E-state index >= 15 is 0 Å². The number of amides is 2. The van der Waals surface area contributed by atoms with E-state index < -0.39 is 18.0 Å². The molecular weight excluding hydrogens is 210 g/mol. The zero-order valence-electron chi connectivity index (χ0n) is 8.51. The zero-order valence-corrected chi connectivity index (χ0v) is 8.51. The Bertz CT molecular complexity index is 389. The number of nitrogen functional groups attached to an aromatic ring is 1. The molecule has 0 saturated heterocycles. The number of benzene rings is 1. The summed E-state index contributed by atoms with van der Waals surface area (Å²) < 4.78 is 0. The van der Waals surface area contributed by atoms with E-state index in [0.717, 1.165) is 5.56 Å². The summed E-state index contributed by atoms with van der Waals surface area (Å²) in [5, 5.41) is 10.6. The number of carboxylic acid groups (broad SMARTS) is 1. The molecule has 0 aliphatic heterocycles. The Kier molecular flexibility index (Phi) is 3.71. The summed E-state index contributed by atoms with van der Waals surface area (Å²) >= 11 is 0. The second-order valence-corrected chi connectivity index (χ2v) is 3.35. The fourth-order valence-electron chi connectivity index (χ4n) is 1.26. The van der Waals surface area contributed by atoms with Gasteiger partial charge in [0.15, 0.2) is 0 Å². The van der Waals surface area contributed by atoms with Crippen LogP contribution in [0.3, 0.4) is 0 Å². The summed E-state index contributed by atoms with van der Waals surface area (Å²) in [6, 6.07) is 5.85. The van der Waals surface area contributed by atoms with Crippen LogP contribution in [0.2, 0.25) is 0 Å². The Morgan fingerprint density at radius 3 is 2.31 bits per heavy atom. The van der Waals surface area contributed by atoms with Gasteiger partial charge < -0.3 is 21.9 Å². The largest absolute Gasteiger partial charge is 0.465 e. The minimum absolute atomic E-state index is 0.210. The number of hydrogen-bond donors (Lipinski definition) is 4. The minimum atomic E-state index is -1.28. The molecule has 0 fully saturated rings. The molecule has 6 nitrogen and oxygen atoms in total. The first-order valence-corrected chi connectivity index (χ1v) is 4.62. The molecule has 0 spiro atoms. The summed E-state index contributed by atoms with van der Waals surface area (Å²) in [6.45, 7) is 0. The third-order valence-corrected chi connectivity index (χ3v) is 2.06. The monoisotopic (exact) mass is 223 g/mol. The summed E-state index contributed by atoms with van der Waals surface area (Å²) in [7, 11) is 0. The maximum absolute atomic E-state index is 11.0. The van der Waals surface area contributed by atoms with Crippen LogP contribution in [0.5, 0.6) is 0 Å². The Hall–Kier alpha value is -2.24. The van der Waals surface area contributed by atoms with Crippen LogP contribution in [-0.2, 0) is 11.2 Å². The molecule has 2 amide bonds. The SMILES string of the molecule is NC(=O)[C@@H](Cc1ccc(N)cc1)NC(=O)O. The molecule has 6 N–H and O–H groups in total. The van der Waals surface area contributed by atoms with Gasteiger partial charge in [-0.2, -0.15) is 0 Å². The molecular formula is C10H13N3O3. The van der Waals surface area contributed by atoms with Crippen molar-refractivity contribution in [2.75, 3.05) is 5.73 Å². The average molecular weight is 223 g/mol. The molecule has 0 aliphatic carbocycles. The first-order valence-electron chi connectivity index (χ1n) is 4.62. The van der Waals surface area contributed by atoms with Crippen LogP contribution in [-0.4, -0.2) is 23.1 Å². The quantitative estimate of drug-likeness (QED) is 0.534. The lowest BCUT2D eigenvalue weighted by Gasteiger charge is -2.13. The summed E-state index contributed by atoms with van der Waals surface area (Å²) in [6.07, 6.45) is -1.07. The molecule has 1 aromatic carbocycles. The molecule has 1 rings (SSSR count). The average Bonchev–Trinajstić information content (AvgIpc) is 2.19. The van der Waals surface area contributed by atoms with Gasteiger partial charge in [-0.25, -0.2) is 4.79 Å². The minimum Gasteiger partial charge on any atom is -0.465 e. The van der Waals surface area contributed by atoms with Crippen molar-refractivity contribution in [1.82, 2.24) is 5.32 Å². The third-order valence-electron chi connectivity index (χ3n) is 2.06. The van der Waals surface area contributed by atoms with Gasteiger partial charge in [-0.05, 0) is 17.7 Å². The van der Waals surface area contributed by atoms with Gasteiger partial charge in [0.2, 0.25) is 5.91 Å². The molecule has 16 heavy (non-hydrogen) atoms. The summed E-state index contributed by atoms with van der Waals surface area (Å²) in [4.78, 5) is 21.4. The van der Waals surface area contributed by atoms with Crippen molar-refractivity contribution in [3.05, 3.63) is 29.8 Å². The lowest BCUT2D eigenvalue weighted by atomic mass is 10.1. The van der Waals surface area contributed by atoms with Gasteiger partial charge in [-0.15, -0.1) is 0 Å². The number of carbonyl (C=O) groups is 2. The van der Waals surface area contributed by atoms with Gasteiger partial charge in [-0.1, -0.05) is 12.1 Å². The fraction of sp³-hybridized carbons (Fsp3) is 0.200. The molecule has 0 unspecified atom stereocenters. The Morgan fingerprint density at radius 2 is 1.88 bits per heavy atom. The van der Waals surface area contributed by atoms with E-state index in [9.17, 15) is 9.59 Å². The van der Waals surface area contributed by atoms with Crippen molar-refractivity contribution in [3.63, 3.8) is 0 Å². The van der Waals surface area contributed by atoms with E-state index in [4.69, 9.17) is 16.6 Å². The molecule has 0 aromatic heterocycles. The van der Waals surface area contributed by atoms with Crippen molar-refractivity contribution in [2.24, 2.45) is 5.73 Å². The second-order valence-electron chi connectivity index (χ2n) is 3.35. The number of rotatable bonds is 4. The van der Waals surface area contributed by atoms with Crippen molar-refractivity contribution < 1.29 is 14.7 Å². The predicted molar refractivity (Wildman–Crippen MR) is 58.7 cm³/mol. The molecule has 0 saturated carbocycles. The maximum Gasteiger partial charge on any atom is 0.405 e. The van der Waals surface area contributed by atoms with Gasteiger partial charge in [0.1, 0.15) is 6.04 Å². The van der Waals surface area contributed by atoms with Crippen LogP contribution in [0.25, 0.3) is 0 Å². The predicted octanol–water partition coefficient (Wildman–Crippen LogP) is -0.0672. The van der Waals surface area contributed by atoms with Crippen LogP contribution >= 0.6 is 0 Å². The van der Waals surface area contributed by atoms with Crippen molar-refractivity contribution in [3.8, 4) is 0 Å². The van der Waals surface area contributed by atoms with Crippen LogP contribution in [0, 0.1) is 0 Å².